The van der Waals surface area contributed by atoms with Crippen molar-refractivity contribution >= 4 is 11.8 Å². The average molecular weight is 506 g/mol. The summed E-state index contributed by atoms with van der Waals surface area (Å²) < 4.78 is 0. The molecule has 5 rings (SSSR count). The fraction of sp³-hybridized carbons (Fsp3) is 0.586. The fourth-order valence-electron chi connectivity index (χ4n) is 6.47. The lowest BCUT2D eigenvalue weighted by Gasteiger charge is -2.53. The second-order valence-electron chi connectivity index (χ2n) is 12.0. The van der Waals surface area contributed by atoms with Crippen LogP contribution in [0, 0.1) is 31.1 Å². The quantitative estimate of drug-likeness (QED) is 0.621. The number of amides is 2. The minimum Gasteiger partial charge on any atom is -0.395 e. The highest BCUT2D eigenvalue weighted by Crippen LogP contribution is 2.41. The number of benzene rings is 1. The Morgan fingerprint density at radius 2 is 1.57 bits per heavy atom. The maximum atomic E-state index is 13.2. The van der Waals surface area contributed by atoms with E-state index in [4.69, 9.17) is 0 Å². The summed E-state index contributed by atoms with van der Waals surface area (Å²) in [4.78, 5) is 41.1. The summed E-state index contributed by atoms with van der Waals surface area (Å²) >= 11 is 0. The van der Waals surface area contributed by atoms with Crippen molar-refractivity contribution in [3.8, 4) is 0 Å². The number of carbonyl (C=O) groups is 2. The molecule has 0 radical (unpaired) electrons. The SMILES string of the molecule is Cc1ncnc(C)c1C(=O)N1CC2CN(CCC3(c4ccccc4)CN(C(=O)C(C)(C)CO)C3)CC2C1. The number of fused-ring (bicyclic) bond motifs is 1. The van der Waals surface area contributed by atoms with E-state index in [-0.39, 0.29) is 23.8 Å². The van der Waals surface area contributed by atoms with Gasteiger partial charge in [-0.05, 0) is 58.1 Å². The number of nitrogens with zero attached hydrogens (tertiary/aromatic N) is 5. The molecule has 2 amide bonds. The molecular formula is C29H39N5O3. The van der Waals surface area contributed by atoms with E-state index in [1.54, 1.807) is 0 Å². The first-order valence-corrected chi connectivity index (χ1v) is 13.4. The van der Waals surface area contributed by atoms with Gasteiger partial charge in [-0.2, -0.15) is 0 Å². The molecule has 3 saturated heterocycles. The smallest absolute Gasteiger partial charge is 0.257 e. The van der Waals surface area contributed by atoms with Gasteiger partial charge in [0.25, 0.3) is 5.91 Å². The molecule has 1 aromatic heterocycles. The first-order chi connectivity index (χ1) is 17.6. The molecule has 198 valence electrons. The van der Waals surface area contributed by atoms with Crippen molar-refractivity contribution < 1.29 is 14.7 Å². The third-order valence-corrected chi connectivity index (χ3v) is 8.83. The molecule has 2 atom stereocenters. The third-order valence-electron chi connectivity index (χ3n) is 8.83. The van der Waals surface area contributed by atoms with E-state index < -0.39 is 5.41 Å². The zero-order chi connectivity index (χ0) is 26.4. The van der Waals surface area contributed by atoms with Crippen LogP contribution in [0.5, 0.6) is 0 Å². The molecule has 0 saturated carbocycles. The molecule has 37 heavy (non-hydrogen) atoms. The van der Waals surface area contributed by atoms with Crippen molar-refractivity contribution in [1.29, 1.82) is 0 Å². The van der Waals surface area contributed by atoms with E-state index in [9.17, 15) is 14.7 Å². The first-order valence-electron chi connectivity index (χ1n) is 13.4. The van der Waals surface area contributed by atoms with Crippen LogP contribution in [0.25, 0.3) is 0 Å². The van der Waals surface area contributed by atoms with E-state index in [0.717, 1.165) is 50.5 Å². The highest BCUT2D eigenvalue weighted by molar-refractivity contribution is 5.96. The average Bonchev–Trinajstić information content (AvgIpc) is 3.43. The van der Waals surface area contributed by atoms with Gasteiger partial charge in [0.15, 0.2) is 0 Å². The Balaban J connectivity index is 1.20. The summed E-state index contributed by atoms with van der Waals surface area (Å²) in [7, 11) is 0. The number of aliphatic hydroxyl groups excluding tert-OH is 1. The monoisotopic (exact) mass is 505 g/mol. The van der Waals surface area contributed by atoms with Crippen LogP contribution in [0.4, 0.5) is 0 Å². The van der Waals surface area contributed by atoms with Crippen LogP contribution in [0.2, 0.25) is 0 Å². The van der Waals surface area contributed by atoms with Crippen molar-refractivity contribution in [2.24, 2.45) is 17.3 Å². The van der Waals surface area contributed by atoms with Gasteiger partial charge in [-0.15, -0.1) is 0 Å². The topological polar surface area (TPSA) is 89.9 Å². The van der Waals surface area contributed by atoms with Gasteiger partial charge in [-0.25, -0.2) is 9.97 Å². The largest absolute Gasteiger partial charge is 0.395 e. The van der Waals surface area contributed by atoms with Crippen molar-refractivity contribution in [2.75, 3.05) is 52.4 Å². The van der Waals surface area contributed by atoms with Gasteiger partial charge in [-0.3, -0.25) is 9.59 Å². The van der Waals surface area contributed by atoms with Gasteiger partial charge in [-0.1, -0.05) is 30.3 Å². The standard InChI is InChI=1S/C29H39N5O3/c1-20-25(21(2)31-19-30-20)26(36)33-14-22-12-32(13-23(22)15-33)11-10-29(24-8-6-5-7-9-24)16-34(17-29)27(37)28(3,4)18-35/h5-9,19,22-23,35H,10-18H2,1-4H3. The molecule has 3 aliphatic heterocycles. The molecule has 8 heteroatoms. The summed E-state index contributed by atoms with van der Waals surface area (Å²) in [5.41, 5.74) is 2.63. The molecule has 1 aromatic carbocycles. The molecule has 2 unspecified atom stereocenters. The number of carbonyl (C=O) groups excluding carboxylic acids is 2. The molecule has 2 aromatic rings. The molecule has 0 bridgehead atoms. The van der Waals surface area contributed by atoms with Crippen LogP contribution in [0.3, 0.4) is 0 Å². The Morgan fingerprint density at radius 3 is 2.14 bits per heavy atom. The molecule has 3 fully saturated rings. The van der Waals surface area contributed by atoms with Gasteiger partial charge in [0.05, 0.1) is 29.0 Å². The number of aliphatic hydroxyl groups is 1. The zero-order valence-electron chi connectivity index (χ0n) is 22.5. The number of hydrogen-bond acceptors (Lipinski definition) is 6. The van der Waals surface area contributed by atoms with Crippen LogP contribution < -0.4 is 0 Å². The van der Waals surface area contributed by atoms with Crippen LogP contribution in [0.15, 0.2) is 36.7 Å². The second-order valence-corrected chi connectivity index (χ2v) is 12.0. The van der Waals surface area contributed by atoms with E-state index in [2.05, 4.69) is 39.1 Å². The number of likely N-dealkylation sites (tertiary alicyclic amines) is 3. The van der Waals surface area contributed by atoms with Crippen LogP contribution in [-0.4, -0.2) is 94.0 Å². The Morgan fingerprint density at radius 1 is 0.973 bits per heavy atom. The highest BCUT2D eigenvalue weighted by Gasteiger charge is 2.49. The summed E-state index contributed by atoms with van der Waals surface area (Å²) in [5, 5.41) is 9.67. The molecule has 8 nitrogen and oxygen atoms in total. The number of hydrogen-bond donors (Lipinski definition) is 1. The maximum absolute atomic E-state index is 13.2. The predicted molar refractivity (Wildman–Crippen MR) is 141 cm³/mol. The molecular weight excluding hydrogens is 466 g/mol. The van der Waals surface area contributed by atoms with Crippen molar-refractivity contribution in [1.82, 2.24) is 24.7 Å². The lowest BCUT2D eigenvalue weighted by Crippen LogP contribution is -2.64. The van der Waals surface area contributed by atoms with Gasteiger partial charge < -0.3 is 19.8 Å². The van der Waals surface area contributed by atoms with E-state index in [1.165, 1.54) is 11.9 Å². The highest BCUT2D eigenvalue weighted by atomic mass is 16.3. The van der Waals surface area contributed by atoms with E-state index in [1.807, 2.05) is 43.6 Å². The van der Waals surface area contributed by atoms with Crippen molar-refractivity contribution in [3.63, 3.8) is 0 Å². The van der Waals surface area contributed by atoms with Crippen molar-refractivity contribution in [3.05, 3.63) is 59.2 Å². The van der Waals surface area contributed by atoms with Crippen LogP contribution in [-0.2, 0) is 10.2 Å². The third kappa shape index (κ3) is 4.77. The van der Waals surface area contributed by atoms with E-state index in [0.29, 0.717) is 30.5 Å². The van der Waals surface area contributed by atoms with Gasteiger partial charge in [0, 0.05) is 44.7 Å². The predicted octanol–water partition coefficient (Wildman–Crippen LogP) is 2.29. The van der Waals surface area contributed by atoms with Gasteiger partial charge in [0.2, 0.25) is 5.91 Å². The molecule has 1 N–H and O–H groups in total. The number of aryl methyl sites for hydroxylation is 2. The maximum Gasteiger partial charge on any atom is 0.257 e. The van der Waals surface area contributed by atoms with Gasteiger partial charge >= 0.3 is 0 Å². The minimum absolute atomic E-state index is 0.0244. The second kappa shape index (κ2) is 9.80. The number of aromatic nitrogens is 2. The Bertz CT molecular complexity index is 1130. The molecule has 4 heterocycles. The normalized spacial score (nSPS) is 23.2. The summed E-state index contributed by atoms with van der Waals surface area (Å²) in [6.45, 7) is 13.2. The summed E-state index contributed by atoms with van der Waals surface area (Å²) in [6, 6.07) is 10.5. The fourth-order valence-corrected chi connectivity index (χ4v) is 6.47. The molecule has 0 spiro atoms. The minimum atomic E-state index is -0.749. The molecule has 0 aliphatic carbocycles. The molecule has 3 aliphatic rings. The Kier molecular flexibility index (Phi) is 6.83. The summed E-state index contributed by atoms with van der Waals surface area (Å²) in [5.74, 6) is 1.07. The van der Waals surface area contributed by atoms with Crippen molar-refractivity contribution in [2.45, 2.75) is 39.5 Å². The lowest BCUT2D eigenvalue weighted by atomic mass is 9.70. The Hall–Kier alpha value is -2.84. The van der Waals surface area contributed by atoms with E-state index >= 15 is 0 Å². The lowest BCUT2D eigenvalue weighted by molar-refractivity contribution is -0.151. The van der Waals surface area contributed by atoms with Gasteiger partial charge in [0.1, 0.15) is 6.33 Å². The first kappa shape index (κ1) is 25.8. The summed E-state index contributed by atoms with van der Waals surface area (Å²) in [6.07, 6.45) is 2.51. The number of rotatable bonds is 7. The van der Waals surface area contributed by atoms with Crippen LogP contribution in [0.1, 0.15) is 47.6 Å². The van der Waals surface area contributed by atoms with Crippen LogP contribution >= 0.6 is 0 Å². The Labute approximate surface area is 219 Å². The zero-order valence-corrected chi connectivity index (χ0v) is 22.5.